The molecule has 82 valence electrons. The Morgan fingerprint density at radius 3 is 2.93 bits per heavy atom. The van der Waals surface area contributed by atoms with Crippen LogP contribution in [0.15, 0.2) is 29.8 Å². The zero-order chi connectivity index (χ0) is 11.1. The number of hydrogen-bond donors (Lipinski definition) is 1. The van der Waals surface area contributed by atoms with E-state index < -0.39 is 0 Å². The number of nitrogens with two attached hydrogens (primary N) is 1. The van der Waals surface area contributed by atoms with Gasteiger partial charge in [0.05, 0.1) is 6.61 Å². The van der Waals surface area contributed by atoms with Gasteiger partial charge in [-0.2, -0.15) is 0 Å². The van der Waals surface area contributed by atoms with Crippen LogP contribution in [0.5, 0.6) is 5.75 Å². The van der Waals surface area contributed by atoms with Crippen molar-refractivity contribution < 1.29 is 4.74 Å². The zero-order valence-electron chi connectivity index (χ0n) is 9.49. The lowest BCUT2D eigenvalue weighted by Crippen LogP contribution is -1.99. The Labute approximate surface area is 91.7 Å². The predicted molar refractivity (Wildman–Crippen MR) is 64.9 cm³/mol. The molecule has 0 spiro atoms. The van der Waals surface area contributed by atoms with Crippen LogP contribution in [0.1, 0.15) is 25.8 Å². The summed E-state index contributed by atoms with van der Waals surface area (Å²) < 4.78 is 5.55. The fraction of sp³-hybridized carbons (Fsp3) is 0.385. The number of rotatable bonds is 5. The smallest absolute Gasteiger partial charge is 0.119 e. The summed E-state index contributed by atoms with van der Waals surface area (Å²) in [6.07, 6.45) is 3.11. The van der Waals surface area contributed by atoms with E-state index in [0.29, 0.717) is 6.54 Å². The fourth-order valence-corrected chi connectivity index (χ4v) is 1.26. The molecule has 0 aliphatic carbocycles. The van der Waals surface area contributed by atoms with Crippen molar-refractivity contribution in [2.24, 2.45) is 5.73 Å². The van der Waals surface area contributed by atoms with E-state index in [1.165, 1.54) is 5.57 Å². The Hall–Kier alpha value is -1.28. The van der Waals surface area contributed by atoms with E-state index >= 15 is 0 Å². The molecule has 2 N–H and O–H groups in total. The third-order valence-corrected chi connectivity index (χ3v) is 2.07. The van der Waals surface area contributed by atoms with Crippen molar-refractivity contribution in [2.45, 2.75) is 20.3 Å². The Balaban J connectivity index is 2.74. The second kappa shape index (κ2) is 6.25. The summed E-state index contributed by atoms with van der Waals surface area (Å²) in [4.78, 5) is 0. The van der Waals surface area contributed by atoms with E-state index in [4.69, 9.17) is 10.5 Å². The number of ether oxygens (including phenoxy) is 1. The van der Waals surface area contributed by atoms with Crippen LogP contribution in [0.25, 0.3) is 6.08 Å². The summed E-state index contributed by atoms with van der Waals surface area (Å²) in [5.74, 6) is 0.926. The average molecular weight is 205 g/mol. The highest BCUT2D eigenvalue weighted by molar-refractivity contribution is 5.54. The SMILES string of the molecule is CCCOc1cccc(C=C(C)CN)c1. The summed E-state index contributed by atoms with van der Waals surface area (Å²) in [7, 11) is 0. The summed E-state index contributed by atoms with van der Waals surface area (Å²) in [5.41, 5.74) is 7.85. The van der Waals surface area contributed by atoms with E-state index in [1.54, 1.807) is 0 Å². The first kappa shape index (κ1) is 11.8. The Morgan fingerprint density at radius 2 is 2.27 bits per heavy atom. The highest BCUT2D eigenvalue weighted by Crippen LogP contribution is 2.15. The number of hydrogen-bond acceptors (Lipinski definition) is 2. The lowest BCUT2D eigenvalue weighted by molar-refractivity contribution is 0.317. The van der Waals surface area contributed by atoms with Crippen molar-refractivity contribution in [1.82, 2.24) is 0 Å². The van der Waals surface area contributed by atoms with Gasteiger partial charge in [0.15, 0.2) is 0 Å². The molecule has 2 heteroatoms. The van der Waals surface area contributed by atoms with Gasteiger partial charge >= 0.3 is 0 Å². The second-order valence-electron chi connectivity index (χ2n) is 3.62. The lowest BCUT2D eigenvalue weighted by Gasteiger charge is -2.05. The van der Waals surface area contributed by atoms with Gasteiger partial charge < -0.3 is 10.5 Å². The van der Waals surface area contributed by atoms with Gasteiger partial charge in [0.2, 0.25) is 0 Å². The van der Waals surface area contributed by atoms with Crippen molar-refractivity contribution in [3.63, 3.8) is 0 Å². The molecule has 2 nitrogen and oxygen atoms in total. The monoisotopic (exact) mass is 205 g/mol. The Bertz CT molecular complexity index is 331. The molecule has 1 rings (SSSR count). The van der Waals surface area contributed by atoms with Crippen LogP contribution in [0.2, 0.25) is 0 Å². The molecule has 0 atom stereocenters. The number of benzene rings is 1. The maximum Gasteiger partial charge on any atom is 0.119 e. The van der Waals surface area contributed by atoms with Crippen LogP contribution in [-0.4, -0.2) is 13.2 Å². The topological polar surface area (TPSA) is 35.2 Å². The molecule has 1 aromatic carbocycles. The van der Waals surface area contributed by atoms with Gasteiger partial charge in [0, 0.05) is 6.54 Å². The summed E-state index contributed by atoms with van der Waals surface area (Å²) in [6.45, 7) is 5.49. The van der Waals surface area contributed by atoms with Crippen LogP contribution >= 0.6 is 0 Å². The molecular weight excluding hydrogens is 186 g/mol. The molecule has 0 bridgehead atoms. The summed E-state index contributed by atoms with van der Waals surface area (Å²) >= 11 is 0. The molecule has 1 aromatic rings. The minimum absolute atomic E-state index is 0.597. The van der Waals surface area contributed by atoms with Crippen LogP contribution in [0.3, 0.4) is 0 Å². The van der Waals surface area contributed by atoms with Crippen molar-refractivity contribution in [3.05, 3.63) is 35.4 Å². The summed E-state index contributed by atoms with van der Waals surface area (Å²) in [6, 6.07) is 8.07. The highest BCUT2D eigenvalue weighted by Gasteiger charge is 1.94. The molecule has 15 heavy (non-hydrogen) atoms. The van der Waals surface area contributed by atoms with Gasteiger partial charge in [-0.25, -0.2) is 0 Å². The quantitative estimate of drug-likeness (QED) is 0.802. The predicted octanol–water partition coefficient (Wildman–Crippen LogP) is 2.84. The van der Waals surface area contributed by atoms with E-state index in [1.807, 2.05) is 25.1 Å². The Kier molecular flexibility index (Phi) is 4.91. The van der Waals surface area contributed by atoms with Crippen LogP contribution in [0, 0.1) is 0 Å². The average Bonchev–Trinajstić information content (AvgIpc) is 2.26. The molecule has 0 radical (unpaired) electrons. The molecule has 0 aliphatic heterocycles. The van der Waals surface area contributed by atoms with E-state index in [9.17, 15) is 0 Å². The first-order valence-corrected chi connectivity index (χ1v) is 5.36. The summed E-state index contributed by atoms with van der Waals surface area (Å²) in [5, 5.41) is 0. The molecule has 0 aromatic heterocycles. The zero-order valence-corrected chi connectivity index (χ0v) is 9.49. The Morgan fingerprint density at radius 1 is 1.47 bits per heavy atom. The second-order valence-corrected chi connectivity index (χ2v) is 3.62. The lowest BCUT2D eigenvalue weighted by atomic mass is 10.1. The van der Waals surface area contributed by atoms with Gasteiger partial charge in [0.1, 0.15) is 5.75 Å². The van der Waals surface area contributed by atoms with Crippen molar-refractivity contribution >= 4 is 6.08 Å². The highest BCUT2D eigenvalue weighted by atomic mass is 16.5. The molecule has 0 amide bonds. The maximum atomic E-state index is 5.55. The molecule has 0 fully saturated rings. The third-order valence-electron chi connectivity index (χ3n) is 2.07. The van der Waals surface area contributed by atoms with Crippen LogP contribution in [-0.2, 0) is 0 Å². The van der Waals surface area contributed by atoms with Gasteiger partial charge in [0.25, 0.3) is 0 Å². The van der Waals surface area contributed by atoms with Crippen molar-refractivity contribution in [3.8, 4) is 5.75 Å². The van der Waals surface area contributed by atoms with E-state index in [2.05, 4.69) is 19.1 Å². The molecule has 0 unspecified atom stereocenters. The largest absolute Gasteiger partial charge is 0.494 e. The van der Waals surface area contributed by atoms with Crippen LogP contribution in [0.4, 0.5) is 0 Å². The maximum absolute atomic E-state index is 5.55. The van der Waals surface area contributed by atoms with E-state index in [0.717, 1.165) is 24.3 Å². The molecule has 0 saturated heterocycles. The minimum Gasteiger partial charge on any atom is -0.494 e. The van der Waals surface area contributed by atoms with Crippen LogP contribution < -0.4 is 10.5 Å². The van der Waals surface area contributed by atoms with Crippen molar-refractivity contribution in [1.29, 1.82) is 0 Å². The minimum atomic E-state index is 0.597. The fourth-order valence-electron chi connectivity index (χ4n) is 1.26. The molecule has 0 heterocycles. The molecule has 0 aliphatic rings. The van der Waals surface area contributed by atoms with E-state index in [-0.39, 0.29) is 0 Å². The normalized spacial score (nSPS) is 11.5. The standard InChI is InChI=1S/C13H19NO/c1-3-7-15-13-6-4-5-12(9-13)8-11(2)10-14/h4-6,8-9H,3,7,10,14H2,1-2H3. The molecular formula is C13H19NO. The third kappa shape index (κ3) is 4.17. The van der Waals surface area contributed by atoms with Gasteiger partial charge in [-0.05, 0) is 31.0 Å². The van der Waals surface area contributed by atoms with Gasteiger partial charge in [-0.3, -0.25) is 0 Å². The molecule has 0 saturated carbocycles. The first-order valence-electron chi connectivity index (χ1n) is 5.36. The van der Waals surface area contributed by atoms with Gasteiger partial charge in [-0.1, -0.05) is 30.7 Å². The van der Waals surface area contributed by atoms with Crippen molar-refractivity contribution in [2.75, 3.05) is 13.2 Å². The first-order chi connectivity index (χ1) is 7.26. The van der Waals surface area contributed by atoms with Gasteiger partial charge in [-0.15, -0.1) is 0 Å².